The number of hydrogen-bond acceptors (Lipinski definition) is 4. The topological polar surface area (TPSA) is 94.3 Å². The monoisotopic (exact) mass is 340 g/mol. The van der Waals surface area contributed by atoms with Crippen LogP contribution < -0.4 is 10.0 Å². The zero-order valence-corrected chi connectivity index (χ0v) is 14.2. The first-order chi connectivity index (χ1) is 11.0. The highest BCUT2D eigenvalue weighted by Gasteiger charge is 2.28. The highest BCUT2D eigenvalue weighted by molar-refractivity contribution is 7.89. The number of H-pyrrole nitrogens is 1. The number of carbonyl (C=O) groups excluding carboxylic acids is 1. The lowest BCUT2D eigenvalue weighted by Crippen LogP contribution is -2.50. The van der Waals surface area contributed by atoms with Crippen LogP contribution in [0.4, 0.5) is 0 Å². The minimum absolute atomic E-state index is 0.123. The first kappa shape index (κ1) is 16.5. The van der Waals surface area contributed by atoms with Gasteiger partial charge < -0.3 is 15.2 Å². The van der Waals surface area contributed by atoms with Gasteiger partial charge >= 0.3 is 0 Å². The van der Waals surface area contributed by atoms with Crippen molar-refractivity contribution in [1.29, 1.82) is 0 Å². The summed E-state index contributed by atoms with van der Waals surface area (Å²) in [7, 11) is -3.62. The van der Waals surface area contributed by atoms with Crippen molar-refractivity contribution in [3.05, 3.63) is 18.0 Å². The average Bonchev–Trinajstić information content (AvgIpc) is 3.20. The number of amides is 1. The van der Waals surface area contributed by atoms with Gasteiger partial charge in [0.25, 0.3) is 5.91 Å². The van der Waals surface area contributed by atoms with Crippen LogP contribution in [0.25, 0.3) is 0 Å². The van der Waals surface area contributed by atoms with Crippen molar-refractivity contribution in [1.82, 2.24) is 19.9 Å². The molecule has 2 aliphatic heterocycles. The Morgan fingerprint density at radius 3 is 2.78 bits per heavy atom. The second-order valence-corrected chi connectivity index (χ2v) is 8.16. The largest absolute Gasteiger partial charge is 0.356 e. The van der Waals surface area contributed by atoms with E-state index in [0.717, 1.165) is 38.9 Å². The number of likely N-dealkylation sites (tertiary alicyclic amines) is 1. The molecule has 0 aromatic carbocycles. The molecule has 0 radical (unpaired) electrons. The molecule has 2 saturated heterocycles. The standard InChI is InChI=1S/C15H24N4O3S/c1-11-4-5-16-10-14(11)18-23(21,22)12-8-13(17-9-12)15(20)19-6-2-3-7-19/h8-9,11,14,16-18H,2-7,10H2,1H3. The van der Waals surface area contributed by atoms with Gasteiger partial charge in [0.05, 0.1) is 0 Å². The van der Waals surface area contributed by atoms with Gasteiger partial charge in [0.2, 0.25) is 10.0 Å². The maximum atomic E-state index is 12.5. The molecule has 128 valence electrons. The molecule has 2 aliphatic rings. The molecule has 1 aromatic rings. The van der Waals surface area contributed by atoms with Crippen LogP contribution in [0, 0.1) is 5.92 Å². The number of piperidine rings is 1. The quantitative estimate of drug-likeness (QED) is 0.745. The molecule has 8 heteroatoms. The van der Waals surface area contributed by atoms with E-state index in [2.05, 4.69) is 15.0 Å². The van der Waals surface area contributed by atoms with Crippen molar-refractivity contribution in [2.45, 2.75) is 37.1 Å². The summed E-state index contributed by atoms with van der Waals surface area (Å²) >= 11 is 0. The van der Waals surface area contributed by atoms with E-state index >= 15 is 0 Å². The van der Waals surface area contributed by atoms with Crippen LogP contribution in [0.15, 0.2) is 17.2 Å². The summed E-state index contributed by atoms with van der Waals surface area (Å²) in [5, 5.41) is 3.20. The highest BCUT2D eigenvalue weighted by atomic mass is 32.2. The maximum absolute atomic E-state index is 12.5. The molecule has 7 nitrogen and oxygen atoms in total. The van der Waals surface area contributed by atoms with Gasteiger partial charge in [-0.05, 0) is 37.8 Å². The SMILES string of the molecule is CC1CCNCC1NS(=O)(=O)c1c[nH]c(C(=O)N2CCCC2)c1. The second-order valence-electron chi connectivity index (χ2n) is 6.45. The van der Waals surface area contributed by atoms with Gasteiger partial charge in [-0.15, -0.1) is 0 Å². The third kappa shape index (κ3) is 3.59. The van der Waals surface area contributed by atoms with E-state index in [-0.39, 0.29) is 22.8 Å². The number of nitrogens with one attached hydrogen (secondary N) is 3. The molecule has 2 fully saturated rings. The van der Waals surface area contributed by atoms with E-state index in [4.69, 9.17) is 0 Å². The van der Waals surface area contributed by atoms with Crippen LogP contribution in [-0.4, -0.2) is 56.4 Å². The normalized spacial score (nSPS) is 25.7. The fourth-order valence-corrected chi connectivity index (χ4v) is 4.50. The highest BCUT2D eigenvalue weighted by Crippen LogP contribution is 2.18. The average molecular weight is 340 g/mol. The van der Waals surface area contributed by atoms with E-state index in [1.807, 2.05) is 6.92 Å². The predicted octanol–water partition coefficient (Wildman–Crippen LogP) is 0.527. The third-order valence-electron chi connectivity index (χ3n) is 4.72. The number of carbonyl (C=O) groups is 1. The van der Waals surface area contributed by atoms with E-state index in [0.29, 0.717) is 12.2 Å². The third-order valence-corrected chi connectivity index (χ3v) is 6.19. The Labute approximate surface area is 136 Å². The molecule has 1 amide bonds. The molecule has 23 heavy (non-hydrogen) atoms. The van der Waals surface area contributed by atoms with Crippen molar-refractivity contribution >= 4 is 15.9 Å². The first-order valence-corrected chi connectivity index (χ1v) is 9.66. The number of sulfonamides is 1. The van der Waals surface area contributed by atoms with E-state index < -0.39 is 10.0 Å². The van der Waals surface area contributed by atoms with Gasteiger partial charge in [0, 0.05) is 31.9 Å². The zero-order valence-electron chi connectivity index (χ0n) is 13.3. The smallest absolute Gasteiger partial charge is 0.270 e. The van der Waals surface area contributed by atoms with Crippen LogP contribution in [0.1, 0.15) is 36.7 Å². The van der Waals surface area contributed by atoms with E-state index in [1.165, 1.54) is 12.3 Å². The van der Waals surface area contributed by atoms with Crippen LogP contribution in [0.3, 0.4) is 0 Å². The van der Waals surface area contributed by atoms with Crippen LogP contribution in [0.2, 0.25) is 0 Å². The van der Waals surface area contributed by atoms with Crippen molar-refractivity contribution in [3.63, 3.8) is 0 Å². The minimum Gasteiger partial charge on any atom is -0.356 e. The molecule has 0 aliphatic carbocycles. The minimum atomic E-state index is -3.62. The Kier molecular flexibility index (Phi) is 4.74. The van der Waals surface area contributed by atoms with Crippen molar-refractivity contribution in [2.75, 3.05) is 26.2 Å². The van der Waals surface area contributed by atoms with Crippen molar-refractivity contribution in [3.8, 4) is 0 Å². The molecule has 3 N–H and O–H groups in total. The summed E-state index contributed by atoms with van der Waals surface area (Å²) in [6.07, 6.45) is 4.35. The summed E-state index contributed by atoms with van der Waals surface area (Å²) in [6.45, 7) is 5.07. The fraction of sp³-hybridized carbons (Fsp3) is 0.667. The molecular formula is C15H24N4O3S. The fourth-order valence-electron chi connectivity index (χ4n) is 3.16. The Hall–Kier alpha value is -1.38. The lowest BCUT2D eigenvalue weighted by atomic mass is 9.96. The van der Waals surface area contributed by atoms with Gasteiger partial charge in [-0.3, -0.25) is 4.79 Å². The molecule has 2 unspecified atom stereocenters. The first-order valence-electron chi connectivity index (χ1n) is 8.18. The van der Waals surface area contributed by atoms with Gasteiger partial charge in [-0.2, -0.15) is 0 Å². The lowest BCUT2D eigenvalue weighted by Gasteiger charge is -2.29. The zero-order chi connectivity index (χ0) is 16.4. The number of nitrogens with zero attached hydrogens (tertiary/aromatic N) is 1. The molecule has 0 spiro atoms. The van der Waals surface area contributed by atoms with Gasteiger partial charge in [-0.1, -0.05) is 6.92 Å². The summed E-state index contributed by atoms with van der Waals surface area (Å²) in [6, 6.07) is 1.31. The van der Waals surface area contributed by atoms with Crippen molar-refractivity contribution < 1.29 is 13.2 Å². The summed E-state index contributed by atoms with van der Waals surface area (Å²) in [5.74, 6) is 0.160. The summed E-state index contributed by atoms with van der Waals surface area (Å²) < 4.78 is 27.8. The van der Waals surface area contributed by atoms with Crippen LogP contribution >= 0.6 is 0 Å². The molecule has 1 aromatic heterocycles. The van der Waals surface area contributed by atoms with Crippen molar-refractivity contribution in [2.24, 2.45) is 5.92 Å². The van der Waals surface area contributed by atoms with E-state index in [9.17, 15) is 13.2 Å². The summed E-state index contributed by atoms with van der Waals surface area (Å²) in [5.41, 5.74) is 0.335. The number of hydrogen-bond donors (Lipinski definition) is 3. The van der Waals surface area contributed by atoms with Gasteiger partial charge in [0.1, 0.15) is 10.6 Å². The Bertz CT molecular complexity index is 664. The van der Waals surface area contributed by atoms with E-state index in [1.54, 1.807) is 4.90 Å². The Morgan fingerprint density at radius 1 is 1.35 bits per heavy atom. The number of aromatic amines is 1. The maximum Gasteiger partial charge on any atom is 0.270 e. The summed E-state index contributed by atoms with van der Waals surface area (Å²) in [4.78, 5) is 17.0. The molecule has 2 atom stereocenters. The van der Waals surface area contributed by atoms with Crippen LogP contribution in [-0.2, 0) is 10.0 Å². The molecule has 0 bridgehead atoms. The van der Waals surface area contributed by atoms with Gasteiger partial charge in [-0.25, -0.2) is 13.1 Å². The Balaban J connectivity index is 1.71. The number of aromatic nitrogens is 1. The predicted molar refractivity (Wildman–Crippen MR) is 86.7 cm³/mol. The molecule has 3 rings (SSSR count). The van der Waals surface area contributed by atoms with Gasteiger partial charge in [0.15, 0.2) is 0 Å². The number of rotatable bonds is 4. The Morgan fingerprint density at radius 2 is 2.09 bits per heavy atom. The molecular weight excluding hydrogens is 316 g/mol. The molecule has 3 heterocycles. The second kappa shape index (κ2) is 6.62. The van der Waals surface area contributed by atoms with Crippen LogP contribution in [0.5, 0.6) is 0 Å². The lowest BCUT2D eigenvalue weighted by molar-refractivity contribution is 0.0787. The molecule has 0 saturated carbocycles.